The summed E-state index contributed by atoms with van der Waals surface area (Å²) in [6, 6.07) is 15.9. The van der Waals surface area contributed by atoms with E-state index in [4.69, 9.17) is 16.3 Å². The summed E-state index contributed by atoms with van der Waals surface area (Å²) in [7, 11) is 0. The van der Waals surface area contributed by atoms with Crippen LogP contribution in [0.15, 0.2) is 48.5 Å². The van der Waals surface area contributed by atoms with Crippen molar-refractivity contribution in [3.8, 4) is 5.75 Å². The number of hydrogen-bond acceptors (Lipinski definition) is 4. The SMILES string of the molecule is O=C(c1cc2ccccc2[nH]1)N1CCC(C(O)CN2CCC3(CC2)COc2cc(Cl)ccc23)CC1. The Balaban J connectivity index is 1.00. The first kappa shape index (κ1) is 22.9. The molecule has 6 rings (SSSR count). The molecule has 184 valence electrons. The highest BCUT2D eigenvalue weighted by Gasteiger charge is 2.43. The average molecular weight is 494 g/mol. The quantitative estimate of drug-likeness (QED) is 0.563. The summed E-state index contributed by atoms with van der Waals surface area (Å²) in [5.74, 6) is 1.21. The largest absolute Gasteiger partial charge is 0.492 e. The second-order valence-corrected chi connectivity index (χ2v) is 10.9. The minimum atomic E-state index is -0.361. The van der Waals surface area contributed by atoms with Crippen molar-refractivity contribution < 1.29 is 14.6 Å². The van der Waals surface area contributed by atoms with Gasteiger partial charge in [0.2, 0.25) is 0 Å². The fourth-order valence-corrected chi connectivity index (χ4v) is 6.35. The summed E-state index contributed by atoms with van der Waals surface area (Å²) < 4.78 is 5.98. The third-order valence-electron chi connectivity index (χ3n) is 8.41. The van der Waals surface area contributed by atoms with Gasteiger partial charge in [-0.25, -0.2) is 0 Å². The van der Waals surface area contributed by atoms with Crippen LogP contribution in [0.1, 0.15) is 41.7 Å². The van der Waals surface area contributed by atoms with Gasteiger partial charge in [-0.15, -0.1) is 0 Å². The van der Waals surface area contributed by atoms with Gasteiger partial charge in [-0.05, 0) is 69.0 Å². The fourth-order valence-electron chi connectivity index (χ4n) is 6.18. The number of aromatic nitrogens is 1. The number of nitrogens with zero attached hydrogens (tertiary/aromatic N) is 2. The molecule has 3 aliphatic rings. The van der Waals surface area contributed by atoms with Crippen molar-refractivity contribution in [2.75, 3.05) is 39.3 Å². The van der Waals surface area contributed by atoms with Crippen LogP contribution in [0.2, 0.25) is 5.02 Å². The van der Waals surface area contributed by atoms with Crippen molar-refractivity contribution in [2.24, 2.45) is 5.92 Å². The Morgan fingerprint density at radius 3 is 2.66 bits per heavy atom. The molecule has 0 bridgehead atoms. The van der Waals surface area contributed by atoms with Crippen LogP contribution in [-0.2, 0) is 5.41 Å². The number of hydrogen-bond donors (Lipinski definition) is 2. The number of rotatable bonds is 4. The van der Waals surface area contributed by atoms with Gasteiger partial charge >= 0.3 is 0 Å². The van der Waals surface area contributed by atoms with E-state index in [-0.39, 0.29) is 23.3 Å². The van der Waals surface area contributed by atoms with E-state index in [2.05, 4.69) is 16.0 Å². The molecular formula is C28H32ClN3O3. The Hall–Kier alpha value is -2.54. The summed E-state index contributed by atoms with van der Waals surface area (Å²) in [4.78, 5) is 20.6. The van der Waals surface area contributed by atoms with Gasteiger partial charge in [0.15, 0.2) is 0 Å². The number of aromatic amines is 1. The lowest BCUT2D eigenvalue weighted by Crippen LogP contribution is -2.48. The van der Waals surface area contributed by atoms with E-state index in [1.54, 1.807) is 0 Å². The summed E-state index contributed by atoms with van der Waals surface area (Å²) in [6.45, 7) is 4.72. The molecule has 0 saturated carbocycles. The van der Waals surface area contributed by atoms with Crippen LogP contribution in [0.4, 0.5) is 0 Å². The lowest BCUT2D eigenvalue weighted by Gasteiger charge is -2.41. The topological polar surface area (TPSA) is 68.8 Å². The van der Waals surface area contributed by atoms with Crippen LogP contribution in [0.5, 0.6) is 5.75 Å². The van der Waals surface area contributed by atoms with E-state index < -0.39 is 0 Å². The minimum absolute atomic E-state index is 0.0517. The normalized spacial score (nSPS) is 21.3. The molecule has 7 heteroatoms. The first-order valence-electron chi connectivity index (χ1n) is 12.7. The van der Waals surface area contributed by atoms with Crippen molar-refractivity contribution in [3.05, 3.63) is 64.8 Å². The van der Waals surface area contributed by atoms with E-state index in [9.17, 15) is 9.90 Å². The Labute approximate surface area is 210 Å². The van der Waals surface area contributed by atoms with Crippen LogP contribution < -0.4 is 4.74 Å². The number of aliphatic hydroxyl groups is 1. The zero-order chi connectivity index (χ0) is 24.0. The van der Waals surface area contributed by atoms with E-state index in [1.165, 1.54) is 5.56 Å². The van der Waals surface area contributed by atoms with E-state index >= 15 is 0 Å². The van der Waals surface area contributed by atoms with Crippen LogP contribution in [0.3, 0.4) is 0 Å². The number of halogens is 1. The number of piperidine rings is 2. The fraction of sp³-hybridized carbons (Fsp3) is 0.464. The van der Waals surface area contributed by atoms with Crippen LogP contribution in [-0.4, -0.2) is 71.2 Å². The molecule has 2 saturated heterocycles. The Bertz CT molecular complexity index is 1190. The highest BCUT2D eigenvalue weighted by atomic mass is 35.5. The van der Waals surface area contributed by atoms with Gasteiger partial charge in [0.05, 0.1) is 12.7 Å². The lowest BCUT2D eigenvalue weighted by molar-refractivity contribution is 0.0181. The average Bonchev–Trinajstić information content (AvgIpc) is 3.47. The third-order valence-corrected chi connectivity index (χ3v) is 8.64. The summed E-state index contributed by atoms with van der Waals surface area (Å²) >= 11 is 6.14. The Morgan fingerprint density at radius 1 is 1.11 bits per heavy atom. The molecule has 35 heavy (non-hydrogen) atoms. The number of para-hydroxylation sites is 1. The molecule has 0 radical (unpaired) electrons. The molecule has 1 unspecified atom stereocenters. The van der Waals surface area contributed by atoms with E-state index in [0.29, 0.717) is 25.3 Å². The number of aliphatic hydroxyl groups excluding tert-OH is 1. The van der Waals surface area contributed by atoms with Gasteiger partial charge in [0, 0.05) is 46.5 Å². The van der Waals surface area contributed by atoms with Gasteiger partial charge < -0.3 is 24.6 Å². The number of carbonyl (C=O) groups is 1. The zero-order valence-corrected chi connectivity index (χ0v) is 20.6. The molecule has 2 fully saturated rings. The lowest BCUT2D eigenvalue weighted by atomic mass is 9.74. The van der Waals surface area contributed by atoms with Crippen LogP contribution in [0, 0.1) is 5.92 Å². The number of nitrogens with one attached hydrogen (secondary N) is 1. The molecule has 2 aromatic carbocycles. The number of fused-ring (bicyclic) bond motifs is 3. The first-order chi connectivity index (χ1) is 17.0. The molecule has 1 atom stereocenters. The minimum Gasteiger partial charge on any atom is -0.492 e. The number of likely N-dealkylation sites (tertiary alicyclic amines) is 2. The number of amides is 1. The van der Waals surface area contributed by atoms with Crippen LogP contribution in [0.25, 0.3) is 10.9 Å². The highest BCUT2D eigenvalue weighted by molar-refractivity contribution is 6.30. The Morgan fingerprint density at radius 2 is 1.89 bits per heavy atom. The number of ether oxygens (including phenoxy) is 1. The second kappa shape index (κ2) is 9.16. The molecule has 1 spiro atoms. The van der Waals surface area contributed by atoms with Crippen LogP contribution >= 0.6 is 11.6 Å². The molecule has 3 aromatic rings. The van der Waals surface area contributed by atoms with Crippen molar-refractivity contribution >= 4 is 28.4 Å². The smallest absolute Gasteiger partial charge is 0.270 e. The summed E-state index contributed by atoms with van der Waals surface area (Å²) in [6.07, 6.45) is 3.39. The molecule has 1 amide bonds. The van der Waals surface area contributed by atoms with E-state index in [1.807, 2.05) is 47.4 Å². The van der Waals surface area contributed by atoms with Crippen molar-refractivity contribution in [1.29, 1.82) is 0 Å². The van der Waals surface area contributed by atoms with Crippen molar-refractivity contribution in [1.82, 2.24) is 14.8 Å². The van der Waals surface area contributed by atoms with Gasteiger partial charge in [-0.3, -0.25) is 4.79 Å². The standard InChI is InChI=1S/C28H32ClN3O3/c29-21-5-6-22-26(16-21)35-18-28(22)9-13-31(14-10-28)17-25(33)19-7-11-32(12-8-19)27(34)24-15-20-3-1-2-4-23(20)30-24/h1-6,15-16,19,25,30,33H,7-14,17-18H2. The maximum absolute atomic E-state index is 13.0. The number of H-pyrrole nitrogens is 1. The zero-order valence-electron chi connectivity index (χ0n) is 19.9. The van der Waals surface area contributed by atoms with Gasteiger partial charge in [-0.1, -0.05) is 35.9 Å². The summed E-state index contributed by atoms with van der Waals surface area (Å²) in [5.41, 5.74) is 3.00. The van der Waals surface area contributed by atoms with Gasteiger partial charge in [0.25, 0.3) is 5.91 Å². The third kappa shape index (κ3) is 4.32. The molecule has 3 aliphatic heterocycles. The molecule has 6 nitrogen and oxygen atoms in total. The van der Waals surface area contributed by atoms with Gasteiger partial charge in [-0.2, -0.15) is 0 Å². The molecule has 0 aliphatic carbocycles. The molecule has 4 heterocycles. The maximum atomic E-state index is 13.0. The highest BCUT2D eigenvalue weighted by Crippen LogP contribution is 2.46. The maximum Gasteiger partial charge on any atom is 0.270 e. The molecule has 2 N–H and O–H groups in total. The first-order valence-corrected chi connectivity index (χ1v) is 13.1. The summed E-state index contributed by atoms with van der Waals surface area (Å²) in [5, 5.41) is 12.8. The van der Waals surface area contributed by atoms with Crippen molar-refractivity contribution in [2.45, 2.75) is 37.2 Å². The monoisotopic (exact) mass is 493 g/mol. The number of carbonyl (C=O) groups excluding carboxylic acids is 1. The number of β-amino-alcohol motifs (C(OH)–C–C–N with tert-alkyl or cyclic N) is 1. The Kier molecular flexibility index (Phi) is 5.99. The predicted octanol–water partition coefficient (Wildman–Crippen LogP) is 4.46. The predicted molar refractivity (Wildman–Crippen MR) is 137 cm³/mol. The second-order valence-electron chi connectivity index (χ2n) is 10.5. The number of benzene rings is 2. The van der Waals surface area contributed by atoms with Crippen molar-refractivity contribution in [3.63, 3.8) is 0 Å². The molecular weight excluding hydrogens is 462 g/mol. The van der Waals surface area contributed by atoms with Gasteiger partial charge in [0.1, 0.15) is 11.4 Å². The van der Waals surface area contributed by atoms with E-state index in [0.717, 1.165) is 67.1 Å². The molecule has 1 aromatic heterocycles.